The highest BCUT2D eigenvalue weighted by Crippen LogP contribution is 2.16. The van der Waals surface area contributed by atoms with Gasteiger partial charge in [-0.3, -0.25) is 4.79 Å². The van der Waals surface area contributed by atoms with Crippen LogP contribution in [0, 0.1) is 0 Å². The number of hydrogen-bond donors (Lipinski definition) is 3. The first-order chi connectivity index (χ1) is 9.56. The van der Waals surface area contributed by atoms with Gasteiger partial charge in [0.1, 0.15) is 5.54 Å². The molecule has 0 spiro atoms. The van der Waals surface area contributed by atoms with E-state index in [0.717, 1.165) is 12.8 Å². The monoisotopic (exact) mass is 285 g/mol. The maximum atomic E-state index is 12.0. The highest BCUT2D eigenvalue weighted by Gasteiger charge is 2.32. The van der Waals surface area contributed by atoms with Gasteiger partial charge in [0, 0.05) is 6.42 Å². The van der Waals surface area contributed by atoms with Crippen LogP contribution in [0.25, 0.3) is 0 Å². The summed E-state index contributed by atoms with van der Waals surface area (Å²) < 4.78 is 0. The number of carbonyl (C=O) groups is 1. The third-order valence-corrected chi connectivity index (χ3v) is 3.94. The van der Waals surface area contributed by atoms with Crippen LogP contribution in [0.15, 0.2) is 5.16 Å². The summed E-state index contributed by atoms with van der Waals surface area (Å²) >= 11 is 0. The molecule has 118 valence electrons. The lowest BCUT2D eigenvalue weighted by Crippen LogP contribution is -2.56. The van der Waals surface area contributed by atoms with Crippen LogP contribution in [0.5, 0.6) is 0 Å². The molecule has 0 aliphatic heterocycles. The highest BCUT2D eigenvalue weighted by atomic mass is 16.4. The fourth-order valence-electron chi connectivity index (χ4n) is 2.34. The van der Waals surface area contributed by atoms with E-state index in [0.29, 0.717) is 19.3 Å². The molecule has 0 aliphatic carbocycles. The van der Waals surface area contributed by atoms with Gasteiger partial charge in [0.05, 0.1) is 0 Å². The maximum absolute atomic E-state index is 12.0. The summed E-state index contributed by atoms with van der Waals surface area (Å²) in [4.78, 5) is 12.0. The molecule has 0 unspecified atom stereocenters. The number of hydrogen-bond acceptors (Lipinski definition) is 3. The molecule has 5 nitrogen and oxygen atoms in total. The molecule has 0 radical (unpaired) electrons. The van der Waals surface area contributed by atoms with Crippen molar-refractivity contribution in [3.8, 4) is 0 Å². The average molecular weight is 285 g/mol. The number of nitrogens with two attached hydrogens (primary N) is 1. The molecule has 4 N–H and O–H groups in total. The quantitative estimate of drug-likeness (QED) is 0.179. The summed E-state index contributed by atoms with van der Waals surface area (Å²) in [5.74, 6) is 0.0644. The van der Waals surface area contributed by atoms with Crippen molar-refractivity contribution in [3.05, 3.63) is 0 Å². The Hall–Kier alpha value is -1.26. The van der Waals surface area contributed by atoms with Crippen molar-refractivity contribution in [2.45, 2.75) is 84.1 Å². The fraction of sp³-hybridized carbons (Fsp3) is 0.867. The van der Waals surface area contributed by atoms with Crippen molar-refractivity contribution >= 4 is 11.7 Å². The van der Waals surface area contributed by atoms with Gasteiger partial charge in [0.25, 0.3) is 0 Å². The first-order valence-electron chi connectivity index (χ1n) is 7.85. The van der Waals surface area contributed by atoms with Crippen molar-refractivity contribution in [3.63, 3.8) is 0 Å². The molecular weight excluding hydrogens is 254 g/mol. The molecule has 0 aliphatic rings. The van der Waals surface area contributed by atoms with Crippen LogP contribution in [0.2, 0.25) is 0 Å². The van der Waals surface area contributed by atoms with Gasteiger partial charge in [0.2, 0.25) is 5.91 Å². The molecule has 5 heteroatoms. The molecule has 0 bridgehead atoms. The number of amides is 1. The first-order valence-corrected chi connectivity index (χ1v) is 7.85. The van der Waals surface area contributed by atoms with E-state index >= 15 is 0 Å². The lowest BCUT2D eigenvalue weighted by Gasteiger charge is -2.31. The third-order valence-electron chi connectivity index (χ3n) is 3.94. The summed E-state index contributed by atoms with van der Waals surface area (Å²) in [6.07, 6.45) is 8.65. The lowest BCUT2D eigenvalue weighted by molar-refractivity contribution is -0.122. The molecule has 0 heterocycles. The van der Waals surface area contributed by atoms with E-state index < -0.39 is 5.54 Å². The van der Waals surface area contributed by atoms with Crippen LogP contribution >= 0.6 is 0 Å². The smallest absolute Gasteiger partial charge is 0.220 e. The number of amidine groups is 1. The van der Waals surface area contributed by atoms with Crippen molar-refractivity contribution in [2.75, 3.05) is 0 Å². The van der Waals surface area contributed by atoms with Crippen molar-refractivity contribution in [1.82, 2.24) is 5.32 Å². The summed E-state index contributed by atoms with van der Waals surface area (Å²) in [7, 11) is 0. The van der Waals surface area contributed by atoms with Gasteiger partial charge in [0.15, 0.2) is 5.84 Å². The van der Waals surface area contributed by atoms with Gasteiger partial charge >= 0.3 is 0 Å². The van der Waals surface area contributed by atoms with Crippen LogP contribution in [0.4, 0.5) is 0 Å². The van der Waals surface area contributed by atoms with Crippen LogP contribution < -0.4 is 11.1 Å². The van der Waals surface area contributed by atoms with E-state index in [4.69, 9.17) is 10.9 Å². The Bertz CT molecular complexity index is 299. The Balaban J connectivity index is 4.15. The van der Waals surface area contributed by atoms with E-state index in [1.54, 1.807) is 0 Å². The number of nitrogens with one attached hydrogen (secondary N) is 1. The SMILES string of the molecule is CCCCCCCCC(=O)NC(CC)(CC)C(N)=NO. The van der Waals surface area contributed by atoms with Crippen molar-refractivity contribution in [2.24, 2.45) is 10.9 Å². The predicted molar refractivity (Wildman–Crippen MR) is 82.9 cm³/mol. The van der Waals surface area contributed by atoms with Gasteiger partial charge in [-0.05, 0) is 19.3 Å². The van der Waals surface area contributed by atoms with Gasteiger partial charge in [-0.1, -0.05) is 58.0 Å². The van der Waals surface area contributed by atoms with Gasteiger partial charge in [-0.2, -0.15) is 0 Å². The molecule has 20 heavy (non-hydrogen) atoms. The zero-order chi connectivity index (χ0) is 15.4. The standard InChI is InChI=1S/C15H31N3O2/c1-4-7-8-9-10-11-12-13(19)17-15(5-2,6-3)14(16)18-20/h20H,4-12H2,1-3H3,(H2,16,18)(H,17,19). The third kappa shape index (κ3) is 6.26. The fourth-order valence-corrected chi connectivity index (χ4v) is 2.34. The Kier molecular flexibility index (Phi) is 9.86. The average Bonchev–Trinajstić information content (AvgIpc) is 2.47. The minimum atomic E-state index is -0.714. The normalized spacial score (nSPS) is 12.4. The molecule has 0 aromatic rings. The zero-order valence-corrected chi connectivity index (χ0v) is 13.2. The van der Waals surface area contributed by atoms with Gasteiger partial charge in [-0.25, -0.2) is 0 Å². The van der Waals surface area contributed by atoms with Crippen LogP contribution in [-0.2, 0) is 4.79 Å². The Labute approximate surface area is 123 Å². The van der Waals surface area contributed by atoms with E-state index in [-0.39, 0.29) is 11.7 Å². The van der Waals surface area contributed by atoms with Crippen LogP contribution in [-0.4, -0.2) is 22.5 Å². The maximum Gasteiger partial charge on any atom is 0.220 e. The minimum Gasteiger partial charge on any atom is -0.409 e. The predicted octanol–water partition coefficient (Wildman–Crippen LogP) is 3.16. The summed E-state index contributed by atoms with van der Waals surface area (Å²) in [5, 5.41) is 14.8. The van der Waals surface area contributed by atoms with E-state index in [1.165, 1.54) is 25.7 Å². The number of oxime groups is 1. The first kappa shape index (κ1) is 18.7. The number of carbonyl (C=O) groups excluding carboxylic acids is 1. The van der Waals surface area contributed by atoms with E-state index in [9.17, 15) is 4.79 Å². The van der Waals surface area contributed by atoms with Gasteiger partial charge < -0.3 is 16.3 Å². The Morgan fingerprint density at radius 3 is 2.15 bits per heavy atom. The van der Waals surface area contributed by atoms with Crippen molar-refractivity contribution in [1.29, 1.82) is 0 Å². The van der Waals surface area contributed by atoms with E-state index in [2.05, 4.69) is 17.4 Å². The number of unbranched alkanes of at least 4 members (excludes halogenated alkanes) is 5. The molecule has 0 saturated carbocycles. The second-order valence-corrected chi connectivity index (χ2v) is 5.34. The summed E-state index contributed by atoms with van der Waals surface area (Å²) in [6, 6.07) is 0. The Morgan fingerprint density at radius 2 is 1.65 bits per heavy atom. The molecule has 0 aromatic heterocycles. The number of nitrogens with zero attached hydrogens (tertiary/aromatic N) is 1. The molecule has 0 aromatic carbocycles. The largest absolute Gasteiger partial charge is 0.409 e. The number of rotatable bonds is 11. The summed E-state index contributed by atoms with van der Waals surface area (Å²) in [5.41, 5.74) is 5.00. The highest BCUT2D eigenvalue weighted by molar-refractivity contribution is 5.93. The molecular formula is C15H31N3O2. The van der Waals surface area contributed by atoms with Gasteiger partial charge in [-0.15, -0.1) is 0 Å². The summed E-state index contributed by atoms with van der Waals surface area (Å²) in [6.45, 7) is 6.04. The molecule has 0 fully saturated rings. The van der Waals surface area contributed by atoms with Crippen LogP contribution in [0.1, 0.15) is 78.6 Å². The molecule has 0 saturated heterocycles. The lowest BCUT2D eigenvalue weighted by atomic mass is 9.91. The van der Waals surface area contributed by atoms with Crippen molar-refractivity contribution < 1.29 is 10.0 Å². The van der Waals surface area contributed by atoms with Crippen LogP contribution in [0.3, 0.4) is 0 Å². The topological polar surface area (TPSA) is 87.7 Å². The zero-order valence-electron chi connectivity index (χ0n) is 13.2. The molecule has 1 amide bonds. The Morgan fingerprint density at radius 1 is 1.10 bits per heavy atom. The second kappa shape index (κ2) is 10.5. The minimum absolute atomic E-state index is 0.0178. The molecule has 0 atom stereocenters. The second-order valence-electron chi connectivity index (χ2n) is 5.34. The van der Waals surface area contributed by atoms with E-state index in [1.807, 2.05) is 13.8 Å². The molecule has 0 rings (SSSR count).